The van der Waals surface area contributed by atoms with Gasteiger partial charge in [-0.2, -0.15) is 0 Å². The molecule has 0 aromatic rings. The molecule has 0 unspecified atom stereocenters. The largest absolute Gasteiger partial charge is 0.462 e. The lowest BCUT2D eigenvalue weighted by Gasteiger charge is -2.07. The van der Waals surface area contributed by atoms with Gasteiger partial charge in [-0.3, -0.25) is 0 Å². The molecule has 0 aliphatic rings. The number of unbranched alkanes of at least 4 members (excludes halogenated alkanes) is 3. The van der Waals surface area contributed by atoms with Gasteiger partial charge in [0.05, 0.1) is 12.7 Å². The summed E-state index contributed by atoms with van der Waals surface area (Å²) < 4.78 is 10.4. The summed E-state index contributed by atoms with van der Waals surface area (Å²) >= 11 is 0. The van der Waals surface area contributed by atoms with E-state index in [2.05, 4.69) is 6.58 Å². The van der Waals surface area contributed by atoms with Gasteiger partial charge in [-0.05, 0) is 40.0 Å². The van der Waals surface area contributed by atoms with E-state index in [4.69, 9.17) is 9.47 Å². The lowest BCUT2D eigenvalue weighted by Crippen LogP contribution is -2.06. The van der Waals surface area contributed by atoms with Gasteiger partial charge in [0.2, 0.25) is 0 Å². The summed E-state index contributed by atoms with van der Waals surface area (Å²) in [7, 11) is 0. The highest BCUT2D eigenvalue weighted by Crippen LogP contribution is 2.02. The lowest BCUT2D eigenvalue weighted by atomic mass is 10.2. The third-order valence-electron chi connectivity index (χ3n) is 2.07. The maximum atomic E-state index is 11.0. The Morgan fingerprint density at radius 3 is 2.19 bits per heavy atom. The van der Waals surface area contributed by atoms with E-state index in [-0.39, 0.29) is 5.97 Å². The summed E-state index contributed by atoms with van der Waals surface area (Å²) in [6, 6.07) is 0. The number of hydrogen-bond donors (Lipinski definition) is 0. The van der Waals surface area contributed by atoms with Crippen molar-refractivity contribution in [2.45, 2.75) is 52.6 Å². The van der Waals surface area contributed by atoms with Gasteiger partial charge in [0.15, 0.2) is 0 Å². The molecule has 0 bridgehead atoms. The molecule has 0 aliphatic carbocycles. The minimum absolute atomic E-state index is 0.289. The molecular formula is C13H24O3. The molecule has 0 amide bonds. The Bertz CT molecular complexity index is 209. The molecule has 0 rings (SSSR count). The highest BCUT2D eigenvalue weighted by Gasteiger charge is 2.01. The fraction of sp³-hybridized carbons (Fsp3) is 0.769. The van der Waals surface area contributed by atoms with E-state index >= 15 is 0 Å². The normalized spacial score (nSPS) is 10.5. The fourth-order valence-electron chi connectivity index (χ4n) is 1.16. The van der Waals surface area contributed by atoms with Crippen molar-refractivity contribution in [2.75, 3.05) is 13.2 Å². The highest BCUT2D eigenvalue weighted by molar-refractivity contribution is 5.86. The smallest absolute Gasteiger partial charge is 0.333 e. The van der Waals surface area contributed by atoms with Crippen LogP contribution in [0.25, 0.3) is 0 Å². The summed E-state index contributed by atoms with van der Waals surface area (Å²) in [6.07, 6.45) is 4.51. The molecule has 0 saturated carbocycles. The van der Waals surface area contributed by atoms with E-state index in [0.717, 1.165) is 32.3 Å². The van der Waals surface area contributed by atoms with Crippen molar-refractivity contribution in [1.29, 1.82) is 0 Å². The molecule has 0 radical (unpaired) electrons. The first-order valence-corrected chi connectivity index (χ1v) is 5.98. The molecule has 94 valence electrons. The molecular weight excluding hydrogens is 204 g/mol. The van der Waals surface area contributed by atoms with E-state index in [1.54, 1.807) is 6.92 Å². The van der Waals surface area contributed by atoms with Crippen molar-refractivity contribution in [3.05, 3.63) is 12.2 Å². The van der Waals surface area contributed by atoms with Crippen molar-refractivity contribution in [3.63, 3.8) is 0 Å². The van der Waals surface area contributed by atoms with Crippen LogP contribution in [0.5, 0.6) is 0 Å². The van der Waals surface area contributed by atoms with Crippen LogP contribution in [-0.2, 0) is 14.3 Å². The first-order valence-electron chi connectivity index (χ1n) is 5.98. The number of hydrogen-bond acceptors (Lipinski definition) is 3. The van der Waals surface area contributed by atoms with Gasteiger partial charge < -0.3 is 9.47 Å². The van der Waals surface area contributed by atoms with Crippen molar-refractivity contribution >= 4 is 5.97 Å². The van der Waals surface area contributed by atoms with Crippen molar-refractivity contribution < 1.29 is 14.3 Å². The van der Waals surface area contributed by atoms with Crippen LogP contribution >= 0.6 is 0 Å². The molecule has 0 atom stereocenters. The highest BCUT2D eigenvalue weighted by atomic mass is 16.5. The zero-order valence-corrected chi connectivity index (χ0v) is 10.8. The minimum atomic E-state index is -0.289. The van der Waals surface area contributed by atoms with Crippen LogP contribution in [0.4, 0.5) is 0 Å². The fourth-order valence-corrected chi connectivity index (χ4v) is 1.16. The summed E-state index contributed by atoms with van der Waals surface area (Å²) in [5, 5.41) is 0. The summed E-state index contributed by atoms with van der Waals surface area (Å²) in [5.41, 5.74) is 0.463. The molecule has 0 spiro atoms. The first-order chi connectivity index (χ1) is 7.54. The maximum absolute atomic E-state index is 11.0. The van der Waals surface area contributed by atoms with Gasteiger partial charge in [-0.25, -0.2) is 4.79 Å². The molecule has 3 heteroatoms. The van der Waals surface area contributed by atoms with Gasteiger partial charge in [-0.1, -0.05) is 13.0 Å². The average molecular weight is 228 g/mol. The molecule has 0 aromatic carbocycles. The number of carbonyl (C=O) groups is 1. The Morgan fingerprint density at radius 2 is 1.69 bits per heavy atom. The third kappa shape index (κ3) is 9.71. The van der Waals surface area contributed by atoms with Crippen molar-refractivity contribution in [2.24, 2.45) is 0 Å². The Hall–Kier alpha value is -0.830. The van der Waals surface area contributed by atoms with Crippen LogP contribution in [0.2, 0.25) is 0 Å². The zero-order chi connectivity index (χ0) is 12.4. The topological polar surface area (TPSA) is 35.5 Å². The SMILES string of the molecule is C=C(C)C(=O)OCCCCCCOC(C)C. The number of ether oxygens (including phenoxy) is 2. The predicted octanol–water partition coefficient (Wildman–Crippen LogP) is 3.09. The maximum Gasteiger partial charge on any atom is 0.333 e. The second-order valence-corrected chi connectivity index (χ2v) is 4.25. The van der Waals surface area contributed by atoms with Crippen molar-refractivity contribution in [1.82, 2.24) is 0 Å². The second kappa shape index (κ2) is 9.40. The standard InChI is InChI=1S/C13H24O3/c1-11(2)13(14)16-10-8-6-5-7-9-15-12(3)4/h12H,1,5-10H2,2-4H3. The summed E-state index contributed by atoms with van der Waals surface area (Å²) in [4.78, 5) is 11.0. The summed E-state index contributed by atoms with van der Waals surface area (Å²) in [6.45, 7) is 10.6. The molecule has 0 saturated heterocycles. The number of carbonyl (C=O) groups excluding carboxylic acids is 1. The van der Waals surface area contributed by atoms with Gasteiger partial charge in [-0.15, -0.1) is 0 Å². The van der Waals surface area contributed by atoms with E-state index in [0.29, 0.717) is 18.3 Å². The number of esters is 1. The monoisotopic (exact) mass is 228 g/mol. The predicted molar refractivity (Wildman–Crippen MR) is 65.3 cm³/mol. The molecule has 0 fully saturated rings. The molecule has 0 heterocycles. The van der Waals surface area contributed by atoms with Crippen LogP contribution in [0.1, 0.15) is 46.5 Å². The third-order valence-corrected chi connectivity index (χ3v) is 2.07. The van der Waals surface area contributed by atoms with Crippen LogP contribution in [0.3, 0.4) is 0 Å². The molecule has 0 N–H and O–H groups in total. The number of rotatable bonds is 9. The van der Waals surface area contributed by atoms with E-state index in [9.17, 15) is 4.79 Å². The van der Waals surface area contributed by atoms with Gasteiger partial charge >= 0.3 is 5.97 Å². The molecule has 3 nitrogen and oxygen atoms in total. The molecule has 16 heavy (non-hydrogen) atoms. The van der Waals surface area contributed by atoms with Crippen LogP contribution < -0.4 is 0 Å². The zero-order valence-electron chi connectivity index (χ0n) is 10.8. The van der Waals surface area contributed by atoms with Crippen LogP contribution in [-0.4, -0.2) is 25.3 Å². The molecule has 0 aliphatic heterocycles. The van der Waals surface area contributed by atoms with Crippen molar-refractivity contribution in [3.8, 4) is 0 Å². The molecule has 0 aromatic heterocycles. The van der Waals surface area contributed by atoms with E-state index < -0.39 is 0 Å². The average Bonchev–Trinajstić information content (AvgIpc) is 2.21. The summed E-state index contributed by atoms with van der Waals surface area (Å²) in [5.74, 6) is -0.289. The quantitative estimate of drug-likeness (QED) is 0.345. The van der Waals surface area contributed by atoms with Gasteiger partial charge in [0.1, 0.15) is 0 Å². The Labute approximate surface area is 98.8 Å². The Morgan fingerprint density at radius 1 is 1.12 bits per heavy atom. The lowest BCUT2D eigenvalue weighted by molar-refractivity contribution is -0.139. The second-order valence-electron chi connectivity index (χ2n) is 4.25. The van der Waals surface area contributed by atoms with Gasteiger partial charge in [0, 0.05) is 12.2 Å². The Kier molecular flexibility index (Phi) is 8.91. The van der Waals surface area contributed by atoms with Crippen LogP contribution in [0.15, 0.2) is 12.2 Å². The Balaban J connectivity index is 3.16. The van der Waals surface area contributed by atoms with Gasteiger partial charge in [0.25, 0.3) is 0 Å². The van der Waals surface area contributed by atoms with E-state index in [1.807, 2.05) is 13.8 Å². The minimum Gasteiger partial charge on any atom is -0.462 e. The van der Waals surface area contributed by atoms with E-state index in [1.165, 1.54) is 0 Å². The van der Waals surface area contributed by atoms with Crippen LogP contribution in [0, 0.1) is 0 Å². The first kappa shape index (κ1) is 15.2.